The number of rotatable bonds is 7. The van der Waals surface area contributed by atoms with Crippen LogP contribution in [-0.4, -0.2) is 73.9 Å². The Morgan fingerprint density at radius 1 is 0.630 bits per heavy atom. The molecule has 13 nitrogen and oxygen atoms in total. The highest BCUT2D eigenvalue weighted by Crippen LogP contribution is 2.41. The molecule has 1 aromatic heterocycles. The van der Waals surface area contributed by atoms with Gasteiger partial charge in [-0.25, -0.2) is 14.0 Å². The lowest BCUT2D eigenvalue weighted by molar-refractivity contribution is -0.173. The summed E-state index contributed by atoms with van der Waals surface area (Å²) in [6.07, 6.45) is -0.331. The van der Waals surface area contributed by atoms with E-state index in [0.717, 1.165) is 11.4 Å². The van der Waals surface area contributed by atoms with Crippen molar-refractivity contribution in [1.82, 2.24) is 10.1 Å². The van der Waals surface area contributed by atoms with Crippen molar-refractivity contribution in [2.24, 2.45) is 0 Å². The summed E-state index contributed by atoms with van der Waals surface area (Å²) in [5.74, 6) is -4.61. The molecular weight excluding hydrogens is 596 g/mol. The molecule has 3 heterocycles. The van der Waals surface area contributed by atoms with Crippen LogP contribution in [0.2, 0.25) is 0 Å². The summed E-state index contributed by atoms with van der Waals surface area (Å²) in [4.78, 5) is 90.0. The van der Waals surface area contributed by atoms with Crippen molar-refractivity contribution < 1.29 is 42.9 Å². The number of fused-ring (bicyclic) bond motifs is 2. The number of hydroxylamine groups is 4. The predicted molar refractivity (Wildman–Crippen MR) is 165 cm³/mol. The highest BCUT2D eigenvalue weighted by Gasteiger charge is 2.36. The molecule has 0 radical (unpaired) electrons. The average molecular weight is 626 g/mol. The molecule has 4 amide bonds. The Labute approximate surface area is 262 Å². The van der Waals surface area contributed by atoms with Crippen LogP contribution in [0.15, 0.2) is 59.0 Å². The van der Waals surface area contributed by atoms with Crippen molar-refractivity contribution in [3.8, 4) is 11.1 Å². The van der Waals surface area contributed by atoms with Gasteiger partial charge in [-0.3, -0.25) is 19.2 Å². The van der Waals surface area contributed by atoms with Gasteiger partial charge in [0.25, 0.3) is 23.6 Å². The zero-order chi connectivity index (χ0) is 32.9. The Hall–Kier alpha value is -5.85. The first-order valence-corrected chi connectivity index (χ1v) is 14.4. The molecule has 2 aliphatic rings. The van der Waals surface area contributed by atoms with E-state index in [0.29, 0.717) is 37.6 Å². The minimum atomic E-state index is -1.01. The molecule has 2 aliphatic heterocycles. The third kappa shape index (κ3) is 5.36. The molecule has 6 rings (SSSR count). The number of hydrogen-bond acceptors (Lipinski definition) is 10. The second-order valence-electron chi connectivity index (χ2n) is 11.3. The van der Waals surface area contributed by atoms with Crippen LogP contribution >= 0.6 is 0 Å². The topological polar surface area (TPSA) is 145 Å². The lowest BCUT2D eigenvalue weighted by Crippen LogP contribution is -2.32. The van der Waals surface area contributed by atoms with Gasteiger partial charge in [-0.2, -0.15) is 0 Å². The summed E-state index contributed by atoms with van der Waals surface area (Å²) >= 11 is 0. The van der Waals surface area contributed by atoms with E-state index >= 15 is 0 Å². The van der Waals surface area contributed by atoms with Crippen LogP contribution < -0.4 is 9.80 Å². The van der Waals surface area contributed by atoms with Crippen molar-refractivity contribution in [1.29, 1.82) is 0 Å². The summed E-state index contributed by atoms with van der Waals surface area (Å²) < 4.78 is 6.38. The summed E-state index contributed by atoms with van der Waals surface area (Å²) in [6, 6.07) is 15.0. The first kappa shape index (κ1) is 30.2. The van der Waals surface area contributed by atoms with Crippen molar-refractivity contribution in [3.05, 3.63) is 65.7 Å². The van der Waals surface area contributed by atoms with E-state index in [2.05, 4.69) is 0 Å². The van der Waals surface area contributed by atoms with Crippen molar-refractivity contribution in [3.63, 3.8) is 0 Å². The molecule has 0 spiro atoms. The highest BCUT2D eigenvalue weighted by molar-refractivity contribution is 6.14. The van der Waals surface area contributed by atoms with Crippen molar-refractivity contribution in [2.75, 3.05) is 38.0 Å². The monoisotopic (exact) mass is 625 g/mol. The third-order valence-corrected chi connectivity index (χ3v) is 7.83. The summed E-state index contributed by atoms with van der Waals surface area (Å²) in [7, 11) is 7.53. The fraction of sp³-hybridized carbons (Fsp3) is 0.242. The number of amides is 4. The molecule has 234 valence electrons. The Morgan fingerprint density at radius 3 is 1.54 bits per heavy atom. The molecule has 2 fully saturated rings. The van der Waals surface area contributed by atoms with Crippen LogP contribution in [0, 0.1) is 0 Å². The normalized spacial score (nSPS) is 14.9. The smallest absolute Gasteiger partial charge is 0.364 e. The number of imide groups is 2. The molecule has 2 saturated heterocycles. The molecule has 13 heteroatoms. The van der Waals surface area contributed by atoms with Crippen LogP contribution in [0.1, 0.15) is 46.4 Å². The lowest BCUT2D eigenvalue weighted by atomic mass is 9.91. The average Bonchev–Trinajstić information content (AvgIpc) is 3.52. The maximum Gasteiger partial charge on any atom is 0.364 e. The second-order valence-corrected chi connectivity index (χ2v) is 11.3. The van der Waals surface area contributed by atoms with Crippen LogP contribution in [0.5, 0.6) is 0 Å². The first-order valence-electron chi connectivity index (χ1n) is 14.4. The molecule has 0 aliphatic carbocycles. The molecular formula is C33H29N4O9+. The molecule has 46 heavy (non-hydrogen) atoms. The molecule has 0 unspecified atom stereocenters. The summed E-state index contributed by atoms with van der Waals surface area (Å²) in [6.45, 7) is 0. The van der Waals surface area contributed by atoms with Gasteiger partial charge >= 0.3 is 23.1 Å². The first-order chi connectivity index (χ1) is 21.9. The third-order valence-electron chi connectivity index (χ3n) is 7.83. The Bertz CT molecular complexity index is 1900. The fourth-order valence-corrected chi connectivity index (χ4v) is 5.35. The standard InChI is InChI=1S/C33H29N4O9/c1-34(2)19-6-9-22-25(16-19)44-26-17-20(35(3)4)7-10-23(26)31(22)24-15-18(32(42)45-36-27(38)11-12-28(36)39)5-8-21(24)33(43)46-37-29(40)13-14-30(37)41/h5-10,15-17H,11-14H2,1-4H3/q+1. The second kappa shape index (κ2) is 11.6. The molecule has 3 aromatic carbocycles. The van der Waals surface area contributed by atoms with E-state index in [-0.39, 0.29) is 42.4 Å². The van der Waals surface area contributed by atoms with Crippen LogP contribution in [0.25, 0.3) is 33.1 Å². The molecule has 0 bridgehead atoms. The SMILES string of the molecule is CN(C)c1ccc2c(-c3cc(C(=O)ON4C(=O)CCC4=O)ccc3C(=O)ON3C(=O)CCC3=O)c3ccc(N(C)C)cc3[o+]c2c1. The molecule has 0 atom stereocenters. The van der Waals surface area contributed by atoms with Crippen LogP contribution in [0.4, 0.5) is 11.4 Å². The van der Waals surface area contributed by atoms with E-state index in [1.165, 1.54) is 18.2 Å². The summed E-state index contributed by atoms with van der Waals surface area (Å²) in [5.41, 5.74) is 3.15. The number of anilines is 2. The van der Waals surface area contributed by atoms with E-state index in [9.17, 15) is 28.8 Å². The largest absolute Gasteiger partial charge is 0.377 e. The minimum absolute atomic E-state index is 0.0699. The molecule has 0 N–H and O–H groups in total. The van der Waals surface area contributed by atoms with E-state index < -0.39 is 35.6 Å². The van der Waals surface area contributed by atoms with Crippen LogP contribution in [-0.2, 0) is 28.9 Å². The van der Waals surface area contributed by atoms with Gasteiger partial charge in [0.2, 0.25) is 0 Å². The Morgan fingerprint density at radius 2 is 1.09 bits per heavy atom. The molecule has 0 saturated carbocycles. The van der Waals surface area contributed by atoms with Gasteiger partial charge in [-0.15, -0.1) is 10.1 Å². The Balaban J connectivity index is 1.58. The lowest BCUT2D eigenvalue weighted by Gasteiger charge is -2.18. The zero-order valence-corrected chi connectivity index (χ0v) is 25.5. The number of carbonyl (C=O) groups is 6. The minimum Gasteiger partial charge on any atom is -0.377 e. The van der Waals surface area contributed by atoms with Gasteiger partial charge in [0, 0.05) is 70.8 Å². The highest BCUT2D eigenvalue weighted by atomic mass is 16.7. The van der Waals surface area contributed by atoms with Gasteiger partial charge in [-0.1, -0.05) is 0 Å². The van der Waals surface area contributed by atoms with Gasteiger partial charge in [0.05, 0.1) is 34.0 Å². The maximum absolute atomic E-state index is 13.7. The van der Waals surface area contributed by atoms with Crippen molar-refractivity contribution >= 4 is 68.9 Å². The van der Waals surface area contributed by atoms with Gasteiger partial charge in [0.15, 0.2) is 0 Å². The maximum atomic E-state index is 13.7. The van der Waals surface area contributed by atoms with Crippen LogP contribution in [0.3, 0.4) is 0 Å². The van der Waals surface area contributed by atoms with E-state index in [1.54, 1.807) is 0 Å². The molecule has 4 aromatic rings. The number of carbonyl (C=O) groups excluding carboxylic acids is 6. The zero-order valence-electron chi connectivity index (χ0n) is 25.5. The van der Waals surface area contributed by atoms with Gasteiger partial charge in [-0.05, 0) is 48.0 Å². The predicted octanol–water partition coefficient (Wildman–Crippen LogP) is 4.11. The summed E-state index contributed by atoms with van der Waals surface area (Å²) in [5, 5.41) is 2.04. The number of hydrogen-bond donors (Lipinski definition) is 0. The number of benzene rings is 3. The Kier molecular flexibility index (Phi) is 7.60. The van der Waals surface area contributed by atoms with E-state index in [1.807, 2.05) is 74.4 Å². The van der Waals surface area contributed by atoms with Crippen molar-refractivity contribution in [2.45, 2.75) is 25.7 Å². The van der Waals surface area contributed by atoms with Gasteiger partial charge in [0.1, 0.15) is 0 Å². The van der Waals surface area contributed by atoms with Gasteiger partial charge < -0.3 is 19.5 Å². The van der Waals surface area contributed by atoms with E-state index in [4.69, 9.17) is 14.1 Å². The fourth-order valence-electron chi connectivity index (χ4n) is 5.35. The quantitative estimate of drug-likeness (QED) is 0.166. The number of nitrogens with zero attached hydrogens (tertiary/aromatic N) is 4.